The van der Waals surface area contributed by atoms with Crippen LogP contribution in [0, 0.1) is 11.3 Å². The molecule has 8 heteroatoms. The smallest absolute Gasteiger partial charge is 0.190 e. The Balaban J connectivity index is 1.69. The first-order valence-corrected chi connectivity index (χ1v) is 8.98. The lowest BCUT2D eigenvalue weighted by Gasteiger charge is -2.04. The molecule has 0 saturated heterocycles. The molecule has 0 aliphatic rings. The molecule has 3 rings (SSSR count). The number of thioether (sulfide) groups is 2. The van der Waals surface area contributed by atoms with Gasteiger partial charge in [-0.3, -0.25) is 4.98 Å². The lowest BCUT2D eigenvalue weighted by Crippen LogP contribution is -1.98. The van der Waals surface area contributed by atoms with Crippen molar-refractivity contribution in [3.8, 4) is 6.07 Å². The average Bonchev–Trinajstić information content (AvgIpc) is 2.96. The minimum absolute atomic E-state index is 0.475. The summed E-state index contributed by atoms with van der Waals surface area (Å²) in [6.07, 6.45) is 5.80. The molecule has 116 valence electrons. The summed E-state index contributed by atoms with van der Waals surface area (Å²) in [5.41, 5.74) is 7.82. The summed E-state index contributed by atoms with van der Waals surface area (Å²) in [5.74, 6) is 1.25. The molecule has 0 amide bonds. The van der Waals surface area contributed by atoms with Crippen molar-refractivity contribution in [1.29, 1.82) is 5.26 Å². The van der Waals surface area contributed by atoms with Crippen LogP contribution in [0.2, 0.25) is 0 Å². The second-order valence-electron chi connectivity index (χ2n) is 4.65. The van der Waals surface area contributed by atoms with Crippen LogP contribution in [0.4, 0.5) is 5.82 Å². The van der Waals surface area contributed by atoms with Gasteiger partial charge in [-0.2, -0.15) is 5.26 Å². The Morgan fingerprint density at radius 1 is 1.35 bits per heavy atom. The van der Waals surface area contributed by atoms with Crippen molar-refractivity contribution in [2.75, 3.05) is 17.7 Å². The van der Waals surface area contributed by atoms with Crippen molar-refractivity contribution in [3.63, 3.8) is 0 Å². The number of hydrogen-bond donors (Lipinski definition) is 1. The van der Waals surface area contributed by atoms with Gasteiger partial charge in [-0.1, -0.05) is 11.8 Å². The quantitative estimate of drug-likeness (QED) is 0.428. The highest BCUT2D eigenvalue weighted by Crippen LogP contribution is 2.23. The monoisotopic (exact) mass is 343 g/mol. The van der Waals surface area contributed by atoms with Crippen LogP contribution in [-0.4, -0.2) is 27.0 Å². The number of nitrogens with zero attached hydrogens (tertiary/aromatic N) is 4. The molecule has 0 aliphatic carbocycles. The molecule has 0 radical (unpaired) electrons. The van der Waals surface area contributed by atoms with Gasteiger partial charge < -0.3 is 10.2 Å². The number of aryl methyl sites for hydroxylation is 1. The molecular formula is C15H13N5OS2. The maximum absolute atomic E-state index is 9.05. The molecule has 0 aliphatic heterocycles. The fourth-order valence-corrected chi connectivity index (χ4v) is 3.34. The summed E-state index contributed by atoms with van der Waals surface area (Å²) < 4.78 is 5.28. The van der Waals surface area contributed by atoms with E-state index in [4.69, 9.17) is 15.4 Å². The summed E-state index contributed by atoms with van der Waals surface area (Å²) in [6, 6.07) is 5.77. The number of hydrogen-bond acceptors (Lipinski definition) is 8. The van der Waals surface area contributed by atoms with Gasteiger partial charge in [-0.05, 0) is 18.7 Å². The number of nitrogen functional groups attached to an aromatic ring is 1. The molecule has 3 aromatic rings. The Kier molecular flexibility index (Phi) is 4.69. The highest BCUT2D eigenvalue weighted by Gasteiger charge is 2.08. The molecule has 23 heavy (non-hydrogen) atoms. The Hall–Kier alpha value is -2.24. The third kappa shape index (κ3) is 3.57. The standard InChI is InChI=1S/C15H13N5OS2/c1-22-14-5-13(17)19-15(20-14)23-3-2-10-4-11-9(6-16)8-21-12(11)7-18-10/h4-5,7-8H,2-3H2,1H3,(H2,17,19,20). The van der Waals surface area contributed by atoms with Crippen LogP contribution in [0.15, 0.2) is 39.2 Å². The maximum atomic E-state index is 9.05. The van der Waals surface area contributed by atoms with Gasteiger partial charge in [-0.25, -0.2) is 9.97 Å². The van der Waals surface area contributed by atoms with Crippen molar-refractivity contribution < 1.29 is 4.42 Å². The zero-order chi connectivity index (χ0) is 16.2. The van der Waals surface area contributed by atoms with Crippen molar-refractivity contribution in [2.24, 2.45) is 0 Å². The number of nitrogens with two attached hydrogens (primary N) is 1. The topological polar surface area (TPSA) is 102 Å². The minimum atomic E-state index is 0.475. The molecule has 0 fully saturated rings. The molecule has 0 unspecified atom stereocenters. The lowest BCUT2D eigenvalue weighted by atomic mass is 10.2. The zero-order valence-electron chi connectivity index (χ0n) is 12.3. The summed E-state index contributed by atoms with van der Waals surface area (Å²) in [4.78, 5) is 13.0. The summed E-state index contributed by atoms with van der Waals surface area (Å²) in [5, 5.41) is 11.4. The predicted molar refractivity (Wildman–Crippen MR) is 91.4 cm³/mol. The highest BCUT2D eigenvalue weighted by molar-refractivity contribution is 7.99. The lowest BCUT2D eigenvalue weighted by molar-refractivity contribution is 0.613. The van der Waals surface area contributed by atoms with E-state index in [1.807, 2.05) is 12.3 Å². The van der Waals surface area contributed by atoms with E-state index in [1.54, 1.807) is 12.3 Å². The molecule has 0 saturated carbocycles. The number of fused-ring (bicyclic) bond motifs is 1. The van der Waals surface area contributed by atoms with Crippen LogP contribution in [-0.2, 0) is 6.42 Å². The first-order valence-electron chi connectivity index (χ1n) is 6.77. The summed E-state index contributed by atoms with van der Waals surface area (Å²) >= 11 is 3.07. The Bertz CT molecular complexity index is 887. The SMILES string of the molecule is CSc1cc(N)nc(SCCc2cc3c(C#N)coc3cn2)n1. The largest absolute Gasteiger partial charge is 0.461 e. The van der Waals surface area contributed by atoms with Crippen molar-refractivity contribution >= 4 is 40.3 Å². The maximum Gasteiger partial charge on any atom is 0.190 e. The van der Waals surface area contributed by atoms with E-state index < -0.39 is 0 Å². The van der Waals surface area contributed by atoms with Gasteiger partial charge in [0.05, 0.1) is 11.8 Å². The van der Waals surface area contributed by atoms with Gasteiger partial charge >= 0.3 is 0 Å². The molecule has 0 atom stereocenters. The van der Waals surface area contributed by atoms with Crippen LogP contribution in [0.5, 0.6) is 0 Å². The van der Waals surface area contributed by atoms with Gasteiger partial charge in [0.2, 0.25) is 0 Å². The van der Waals surface area contributed by atoms with E-state index in [0.29, 0.717) is 22.1 Å². The van der Waals surface area contributed by atoms with E-state index in [9.17, 15) is 0 Å². The molecule has 6 nitrogen and oxygen atoms in total. The van der Waals surface area contributed by atoms with Crippen molar-refractivity contribution in [1.82, 2.24) is 15.0 Å². The Labute approximate surface area is 141 Å². The molecule has 0 bridgehead atoms. The van der Waals surface area contributed by atoms with E-state index in [0.717, 1.165) is 28.3 Å². The van der Waals surface area contributed by atoms with E-state index >= 15 is 0 Å². The number of rotatable bonds is 5. The van der Waals surface area contributed by atoms with Crippen LogP contribution < -0.4 is 5.73 Å². The van der Waals surface area contributed by atoms with E-state index in [1.165, 1.54) is 29.8 Å². The highest BCUT2D eigenvalue weighted by atomic mass is 32.2. The predicted octanol–water partition coefficient (Wildman–Crippen LogP) is 3.13. The van der Waals surface area contributed by atoms with Crippen molar-refractivity contribution in [3.05, 3.63) is 35.9 Å². The second-order valence-corrected chi connectivity index (χ2v) is 6.54. The van der Waals surface area contributed by atoms with Crippen LogP contribution in [0.3, 0.4) is 0 Å². The number of furan rings is 1. The zero-order valence-corrected chi connectivity index (χ0v) is 13.9. The number of anilines is 1. The first kappa shape index (κ1) is 15.6. The fraction of sp³-hybridized carbons (Fsp3) is 0.200. The average molecular weight is 343 g/mol. The molecule has 3 heterocycles. The van der Waals surface area contributed by atoms with Gasteiger partial charge in [0.15, 0.2) is 10.7 Å². The van der Waals surface area contributed by atoms with Gasteiger partial charge in [0, 0.05) is 22.9 Å². The van der Waals surface area contributed by atoms with Gasteiger partial charge in [0.1, 0.15) is 23.2 Å². The number of nitriles is 1. The fourth-order valence-electron chi connectivity index (χ4n) is 2.04. The summed E-state index contributed by atoms with van der Waals surface area (Å²) in [6.45, 7) is 0. The third-order valence-electron chi connectivity index (χ3n) is 3.14. The van der Waals surface area contributed by atoms with Crippen LogP contribution in [0.25, 0.3) is 11.0 Å². The normalized spacial score (nSPS) is 10.8. The third-order valence-corrected chi connectivity index (χ3v) is 4.62. The number of aromatic nitrogens is 3. The molecular weight excluding hydrogens is 330 g/mol. The van der Waals surface area contributed by atoms with Gasteiger partial charge in [-0.15, -0.1) is 11.8 Å². The summed E-state index contributed by atoms with van der Waals surface area (Å²) in [7, 11) is 0. The Morgan fingerprint density at radius 3 is 3.00 bits per heavy atom. The molecule has 0 spiro atoms. The number of pyridine rings is 1. The molecule has 2 N–H and O–H groups in total. The van der Waals surface area contributed by atoms with E-state index in [2.05, 4.69) is 21.0 Å². The van der Waals surface area contributed by atoms with Gasteiger partial charge in [0.25, 0.3) is 0 Å². The van der Waals surface area contributed by atoms with E-state index in [-0.39, 0.29) is 0 Å². The first-order chi connectivity index (χ1) is 11.2. The minimum Gasteiger partial charge on any atom is -0.461 e. The molecule has 3 aromatic heterocycles. The molecule has 0 aromatic carbocycles. The Morgan fingerprint density at radius 2 is 2.22 bits per heavy atom. The van der Waals surface area contributed by atoms with Crippen LogP contribution in [0.1, 0.15) is 11.3 Å². The van der Waals surface area contributed by atoms with Crippen molar-refractivity contribution in [2.45, 2.75) is 16.6 Å². The second kappa shape index (κ2) is 6.89. The van der Waals surface area contributed by atoms with Crippen LogP contribution >= 0.6 is 23.5 Å².